The van der Waals surface area contributed by atoms with E-state index >= 15 is 0 Å². The van der Waals surface area contributed by atoms with Crippen LogP contribution in [-0.2, 0) is 6.42 Å². The summed E-state index contributed by atoms with van der Waals surface area (Å²) in [5, 5.41) is 0. The molecule has 0 radical (unpaired) electrons. The molecule has 0 spiro atoms. The Balaban J connectivity index is 2.37. The Bertz CT molecular complexity index is 285. The molecule has 1 aromatic rings. The van der Waals surface area contributed by atoms with Crippen LogP contribution in [0.3, 0.4) is 0 Å². The van der Waals surface area contributed by atoms with Gasteiger partial charge in [0.15, 0.2) is 0 Å². The third-order valence-corrected chi connectivity index (χ3v) is 2.74. The van der Waals surface area contributed by atoms with Crippen molar-refractivity contribution in [2.75, 3.05) is 26.2 Å². The van der Waals surface area contributed by atoms with Gasteiger partial charge in [0.2, 0.25) is 0 Å². The molecule has 3 heteroatoms. The summed E-state index contributed by atoms with van der Waals surface area (Å²) < 4.78 is 0. The average Bonchev–Trinajstić information content (AvgIpc) is 2.33. The van der Waals surface area contributed by atoms with Crippen molar-refractivity contribution in [1.29, 1.82) is 0 Å². The zero-order chi connectivity index (χ0) is 12.5. The van der Waals surface area contributed by atoms with Crippen LogP contribution in [0.15, 0.2) is 24.5 Å². The quantitative estimate of drug-likeness (QED) is 0.748. The van der Waals surface area contributed by atoms with Crippen LogP contribution in [0.1, 0.15) is 25.8 Å². The third-order valence-electron chi connectivity index (χ3n) is 2.74. The zero-order valence-electron chi connectivity index (χ0n) is 11.1. The van der Waals surface area contributed by atoms with E-state index in [2.05, 4.69) is 29.8 Å². The fourth-order valence-electron chi connectivity index (χ4n) is 1.96. The Hall–Kier alpha value is -0.930. The summed E-state index contributed by atoms with van der Waals surface area (Å²) in [6, 6.07) is 4.14. The molecule has 0 bridgehead atoms. The molecule has 0 amide bonds. The van der Waals surface area contributed by atoms with Gasteiger partial charge < -0.3 is 10.6 Å². The minimum Gasteiger partial charge on any atom is -0.330 e. The first-order chi connectivity index (χ1) is 8.22. The van der Waals surface area contributed by atoms with Crippen molar-refractivity contribution in [3.05, 3.63) is 30.1 Å². The number of pyridine rings is 1. The summed E-state index contributed by atoms with van der Waals surface area (Å²) in [6.45, 7) is 8.67. The van der Waals surface area contributed by atoms with E-state index in [4.69, 9.17) is 5.73 Å². The lowest BCUT2D eigenvalue weighted by atomic mass is 10.1. The fraction of sp³-hybridized carbons (Fsp3) is 0.643. The normalized spacial score (nSPS) is 11.4. The summed E-state index contributed by atoms with van der Waals surface area (Å²) >= 11 is 0. The van der Waals surface area contributed by atoms with Crippen LogP contribution < -0.4 is 5.73 Å². The van der Waals surface area contributed by atoms with Crippen LogP contribution in [-0.4, -0.2) is 36.1 Å². The predicted molar refractivity (Wildman–Crippen MR) is 72.9 cm³/mol. The fourth-order valence-corrected chi connectivity index (χ4v) is 1.96. The number of hydrogen-bond donors (Lipinski definition) is 1. The lowest BCUT2D eigenvalue weighted by molar-refractivity contribution is 0.245. The van der Waals surface area contributed by atoms with Gasteiger partial charge in [0.05, 0.1) is 0 Å². The lowest BCUT2D eigenvalue weighted by Crippen LogP contribution is -2.32. The van der Waals surface area contributed by atoms with Crippen molar-refractivity contribution in [3.8, 4) is 0 Å². The molecule has 3 nitrogen and oxygen atoms in total. The summed E-state index contributed by atoms with van der Waals surface area (Å²) in [4.78, 5) is 6.65. The van der Waals surface area contributed by atoms with Gasteiger partial charge in [-0.15, -0.1) is 0 Å². The van der Waals surface area contributed by atoms with Gasteiger partial charge in [-0.05, 0) is 43.5 Å². The van der Waals surface area contributed by atoms with Gasteiger partial charge in [0.25, 0.3) is 0 Å². The molecule has 1 rings (SSSR count). The molecule has 96 valence electrons. The maximum atomic E-state index is 5.58. The Kier molecular flexibility index (Phi) is 6.82. The second-order valence-corrected chi connectivity index (χ2v) is 4.95. The number of hydrogen-bond acceptors (Lipinski definition) is 3. The molecular weight excluding hydrogens is 210 g/mol. The van der Waals surface area contributed by atoms with Gasteiger partial charge in [0.1, 0.15) is 0 Å². The molecule has 0 aliphatic heterocycles. The molecule has 1 aromatic heterocycles. The number of nitrogens with two attached hydrogens (primary N) is 1. The Morgan fingerprint density at radius 2 is 2.18 bits per heavy atom. The second-order valence-electron chi connectivity index (χ2n) is 4.95. The number of rotatable bonds is 8. The van der Waals surface area contributed by atoms with Gasteiger partial charge in [-0.2, -0.15) is 0 Å². The van der Waals surface area contributed by atoms with Crippen LogP contribution in [0.5, 0.6) is 0 Å². The van der Waals surface area contributed by atoms with E-state index in [1.165, 1.54) is 5.56 Å². The molecule has 17 heavy (non-hydrogen) atoms. The van der Waals surface area contributed by atoms with E-state index < -0.39 is 0 Å². The Morgan fingerprint density at radius 1 is 1.35 bits per heavy atom. The van der Waals surface area contributed by atoms with Crippen LogP contribution >= 0.6 is 0 Å². The first-order valence-electron chi connectivity index (χ1n) is 6.53. The zero-order valence-corrected chi connectivity index (χ0v) is 11.1. The summed E-state index contributed by atoms with van der Waals surface area (Å²) in [7, 11) is 0. The molecule has 0 atom stereocenters. The molecule has 0 aliphatic rings. The highest BCUT2D eigenvalue weighted by Gasteiger charge is 2.06. The molecule has 0 saturated heterocycles. The van der Waals surface area contributed by atoms with Gasteiger partial charge in [-0.3, -0.25) is 4.98 Å². The Morgan fingerprint density at radius 3 is 2.76 bits per heavy atom. The smallest absolute Gasteiger partial charge is 0.0300 e. The average molecular weight is 235 g/mol. The number of nitrogens with zero attached hydrogens (tertiary/aromatic N) is 2. The molecule has 0 saturated carbocycles. The highest BCUT2D eigenvalue weighted by molar-refractivity contribution is 5.08. The van der Waals surface area contributed by atoms with Crippen molar-refractivity contribution >= 4 is 0 Å². The van der Waals surface area contributed by atoms with E-state index in [1.807, 2.05) is 18.5 Å². The first kappa shape index (κ1) is 14.1. The standard InChI is InChI=1S/C14H25N3/c1-13(2)12-17(9-4-7-15)10-6-14-5-3-8-16-11-14/h3,5,8,11,13H,4,6-7,9-10,12,15H2,1-2H3. The molecule has 0 aromatic carbocycles. The molecule has 1 heterocycles. The molecule has 2 N–H and O–H groups in total. The highest BCUT2D eigenvalue weighted by atomic mass is 15.1. The van der Waals surface area contributed by atoms with Crippen LogP contribution in [0, 0.1) is 5.92 Å². The van der Waals surface area contributed by atoms with Gasteiger partial charge >= 0.3 is 0 Å². The first-order valence-corrected chi connectivity index (χ1v) is 6.53. The van der Waals surface area contributed by atoms with Gasteiger partial charge in [0, 0.05) is 25.5 Å². The maximum Gasteiger partial charge on any atom is 0.0300 e. The lowest BCUT2D eigenvalue weighted by Gasteiger charge is -2.24. The van der Waals surface area contributed by atoms with Crippen LogP contribution in [0.25, 0.3) is 0 Å². The van der Waals surface area contributed by atoms with Crippen molar-refractivity contribution < 1.29 is 0 Å². The second kappa shape index (κ2) is 8.20. The highest BCUT2D eigenvalue weighted by Crippen LogP contribution is 2.03. The van der Waals surface area contributed by atoms with Crippen LogP contribution in [0.4, 0.5) is 0 Å². The van der Waals surface area contributed by atoms with Gasteiger partial charge in [-0.25, -0.2) is 0 Å². The largest absolute Gasteiger partial charge is 0.330 e. The number of aromatic nitrogens is 1. The Labute approximate surface area is 105 Å². The summed E-state index contributed by atoms with van der Waals surface area (Å²) in [6.07, 6.45) is 5.94. The molecule has 0 aliphatic carbocycles. The van der Waals surface area contributed by atoms with E-state index in [9.17, 15) is 0 Å². The van der Waals surface area contributed by atoms with Gasteiger partial charge in [-0.1, -0.05) is 19.9 Å². The monoisotopic (exact) mass is 235 g/mol. The SMILES string of the molecule is CC(C)CN(CCCN)CCc1cccnc1. The van der Waals surface area contributed by atoms with Crippen molar-refractivity contribution in [3.63, 3.8) is 0 Å². The minimum absolute atomic E-state index is 0.710. The van der Waals surface area contributed by atoms with E-state index in [0.717, 1.165) is 39.0 Å². The van der Waals surface area contributed by atoms with Crippen molar-refractivity contribution in [2.24, 2.45) is 11.7 Å². The van der Waals surface area contributed by atoms with Crippen LogP contribution in [0.2, 0.25) is 0 Å². The molecule has 0 fully saturated rings. The topological polar surface area (TPSA) is 42.1 Å². The van der Waals surface area contributed by atoms with E-state index in [-0.39, 0.29) is 0 Å². The van der Waals surface area contributed by atoms with E-state index in [0.29, 0.717) is 5.92 Å². The molecule has 0 unspecified atom stereocenters. The summed E-state index contributed by atoms with van der Waals surface area (Å²) in [5.74, 6) is 0.710. The van der Waals surface area contributed by atoms with E-state index in [1.54, 1.807) is 0 Å². The predicted octanol–water partition coefficient (Wildman–Crippen LogP) is 1.93. The maximum absolute atomic E-state index is 5.58. The third kappa shape index (κ3) is 6.39. The van der Waals surface area contributed by atoms with Crippen molar-refractivity contribution in [2.45, 2.75) is 26.7 Å². The summed E-state index contributed by atoms with van der Waals surface area (Å²) in [5.41, 5.74) is 6.89. The minimum atomic E-state index is 0.710. The molecular formula is C14H25N3. The van der Waals surface area contributed by atoms with Crippen molar-refractivity contribution in [1.82, 2.24) is 9.88 Å².